The number of nitrogens with two attached hydrogens (primary N) is 1. The first kappa shape index (κ1) is 14.1. The number of ether oxygens (including phenoxy) is 1. The number of nitrogens with zero attached hydrogens (tertiary/aromatic N) is 2. The maximum Gasteiger partial charge on any atom is 0.167 e. The second-order valence-electron chi connectivity index (χ2n) is 4.99. The Hall–Kier alpha value is -1.85. The molecule has 5 nitrogen and oxygen atoms in total. The average Bonchev–Trinajstić information content (AvgIpc) is 2.53. The number of halogens is 1. The van der Waals surface area contributed by atoms with Crippen LogP contribution in [0.3, 0.4) is 0 Å². The van der Waals surface area contributed by atoms with Crippen LogP contribution in [0.15, 0.2) is 18.2 Å². The first-order chi connectivity index (χ1) is 10.2. The average molecular weight is 305 g/mol. The lowest BCUT2D eigenvalue weighted by atomic mass is 9.96. The van der Waals surface area contributed by atoms with Crippen molar-refractivity contribution in [3.05, 3.63) is 34.5 Å². The highest BCUT2D eigenvalue weighted by Gasteiger charge is 2.20. The van der Waals surface area contributed by atoms with Crippen molar-refractivity contribution in [2.45, 2.75) is 25.7 Å². The Morgan fingerprint density at radius 2 is 2.05 bits per heavy atom. The molecule has 0 fully saturated rings. The Morgan fingerprint density at radius 1 is 1.24 bits per heavy atom. The van der Waals surface area contributed by atoms with Crippen LogP contribution in [0.4, 0.5) is 5.82 Å². The molecule has 2 aromatic rings. The van der Waals surface area contributed by atoms with Crippen LogP contribution in [0.25, 0.3) is 11.4 Å². The van der Waals surface area contributed by atoms with Gasteiger partial charge in [-0.05, 0) is 37.8 Å². The number of methoxy groups -OCH3 is 1. The molecule has 0 bridgehead atoms. The van der Waals surface area contributed by atoms with Crippen molar-refractivity contribution >= 4 is 17.4 Å². The SMILES string of the molecule is COc1cccc(Cl)c1-c1nc2c(c(NN)n1)CCCC2. The Bertz CT molecular complexity index is 658. The normalized spacial score (nSPS) is 13.7. The highest BCUT2D eigenvalue weighted by molar-refractivity contribution is 6.33. The number of hydrogen-bond donors (Lipinski definition) is 2. The highest BCUT2D eigenvalue weighted by Crippen LogP contribution is 2.36. The molecule has 1 heterocycles. The Labute approximate surface area is 128 Å². The summed E-state index contributed by atoms with van der Waals surface area (Å²) in [6.45, 7) is 0. The number of anilines is 1. The van der Waals surface area contributed by atoms with Crippen molar-refractivity contribution in [1.29, 1.82) is 0 Å². The van der Waals surface area contributed by atoms with Crippen LogP contribution in [-0.2, 0) is 12.8 Å². The predicted octanol–water partition coefficient (Wildman–Crippen LogP) is 2.97. The fourth-order valence-corrected chi connectivity index (χ4v) is 2.97. The minimum absolute atomic E-state index is 0.547. The summed E-state index contributed by atoms with van der Waals surface area (Å²) in [6.07, 6.45) is 4.16. The van der Waals surface area contributed by atoms with E-state index >= 15 is 0 Å². The lowest BCUT2D eigenvalue weighted by Crippen LogP contribution is -2.17. The number of benzene rings is 1. The number of nitrogen functional groups attached to an aromatic ring is 1. The van der Waals surface area contributed by atoms with E-state index in [9.17, 15) is 0 Å². The molecule has 0 saturated carbocycles. The predicted molar refractivity (Wildman–Crippen MR) is 83.5 cm³/mol. The molecule has 21 heavy (non-hydrogen) atoms. The van der Waals surface area contributed by atoms with Crippen molar-refractivity contribution in [1.82, 2.24) is 9.97 Å². The van der Waals surface area contributed by atoms with Gasteiger partial charge in [-0.2, -0.15) is 0 Å². The zero-order valence-electron chi connectivity index (χ0n) is 11.8. The molecule has 1 aromatic heterocycles. The van der Waals surface area contributed by atoms with E-state index in [0.717, 1.165) is 36.9 Å². The van der Waals surface area contributed by atoms with E-state index in [-0.39, 0.29) is 0 Å². The zero-order chi connectivity index (χ0) is 14.8. The van der Waals surface area contributed by atoms with Crippen molar-refractivity contribution < 1.29 is 4.74 Å². The van der Waals surface area contributed by atoms with E-state index in [2.05, 4.69) is 10.4 Å². The van der Waals surface area contributed by atoms with Crippen molar-refractivity contribution in [2.24, 2.45) is 5.84 Å². The van der Waals surface area contributed by atoms with Crippen LogP contribution in [0, 0.1) is 0 Å². The molecule has 0 radical (unpaired) electrons. The van der Waals surface area contributed by atoms with Crippen LogP contribution in [0.1, 0.15) is 24.1 Å². The van der Waals surface area contributed by atoms with Crippen LogP contribution < -0.4 is 16.0 Å². The van der Waals surface area contributed by atoms with E-state index in [1.165, 1.54) is 0 Å². The lowest BCUT2D eigenvalue weighted by Gasteiger charge is -2.19. The third kappa shape index (κ3) is 2.54. The number of aromatic nitrogens is 2. The largest absolute Gasteiger partial charge is 0.496 e. The van der Waals surface area contributed by atoms with E-state index in [4.69, 9.17) is 27.2 Å². The summed E-state index contributed by atoms with van der Waals surface area (Å²) in [5.41, 5.74) is 5.54. The number of hydrazine groups is 1. The van der Waals surface area contributed by atoms with E-state index < -0.39 is 0 Å². The molecule has 0 spiro atoms. The molecule has 0 atom stereocenters. The molecule has 0 unspecified atom stereocenters. The molecule has 1 aliphatic carbocycles. The smallest absolute Gasteiger partial charge is 0.167 e. The molecule has 0 saturated heterocycles. The van der Waals surface area contributed by atoms with Gasteiger partial charge in [0.25, 0.3) is 0 Å². The number of hydrogen-bond acceptors (Lipinski definition) is 5. The van der Waals surface area contributed by atoms with Gasteiger partial charge in [0.15, 0.2) is 5.82 Å². The number of rotatable bonds is 3. The van der Waals surface area contributed by atoms with Gasteiger partial charge in [-0.3, -0.25) is 0 Å². The standard InChI is InChI=1S/C15H17ClN4O/c1-21-12-8-4-6-10(16)13(12)15-18-11-7-3-2-5-9(11)14(19-15)20-17/h4,6,8H,2-3,5,7,17H2,1H3,(H,18,19,20). The molecule has 1 aliphatic rings. The second-order valence-corrected chi connectivity index (χ2v) is 5.40. The van der Waals surface area contributed by atoms with E-state index in [1.807, 2.05) is 12.1 Å². The summed E-state index contributed by atoms with van der Waals surface area (Å²) in [5, 5.41) is 0.563. The number of nitrogens with one attached hydrogen (secondary N) is 1. The third-order valence-electron chi connectivity index (χ3n) is 3.74. The number of aryl methyl sites for hydroxylation is 1. The highest BCUT2D eigenvalue weighted by atomic mass is 35.5. The molecule has 0 amide bonds. The van der Waals surface area contributed by atoms with Gasteiger partial charge in [-0.15, -0.1) is 0 Å². The summed E-state index contributed by atoms with van der Waals surface area (Å²) in [6, 6.07) is 5.49. The fraction of sp³-hybridized carbons (Fsp3) is 0.333. The first-order valence-corrected chi connectivity index (χ1v) is 7.31. The summed E-state index contributed by atoms with van der Waals surface area (Å²) in [4.78, 5) is 9.22. The zero-order valence-corrected chi connectivity index (χ0v) is 12.6. The Balaban J connectivity index is 2.20. The maximum atomic E-state index is 6.31. The first-order valence-electron chi connectivity index (χ1n) is 6.94. The Kier molecular flexibility index (Phi) is 3.94. The summed E-state index contributed by atoms with van der Waals surface area (Å²) >= 11 is 6.31. The minimum Gasteiger partial charge on any atom is -0.496 e. The summed E-state index contributed by atoms with van der Waals surface area (Å²) < 4.78 is 5.38. The fourth-order valence-electron chi connectivity index (χ4n) is 2.72. The topological polar surface area (TPSA) is 73.1 Å². The Morgan fingerprint density at radius 3 is 2.81 bits per heavy atom. The summed E-state index contributed by atoms with van der Waals surface area (Å²) in [5.74, 6) is 7.50. The minimum atomic E-state index is 0.547. The van der Waals surface area contributed by atoms with Crippen molar-refractivity contribution in [3.63, 3.8) is 0 Å². The third-order valence-corrected chi connectivity index (χ3v) is 4.05. The molecule has 3 N–H and O–H groups in total. The maximum absolute atomic E-state index is 6.31. The molecular formula is C15H17ClN4O. The summed E-state index contributed by atoms with van der Waals surface area (Å²) in [7, 11) is 1.61. The monoisotopic (exact) mass is 304 g/mol. The van der Waals surface area contributed by atoms with Gasteiger partial charge in [0, 0.05) is 11.3 Å². The second kappa shape index (κ2) is 5.87. The van der Waals surface area contributed by atoms with Crippen molar-refractivity contribution in [2.75, 3.05) is 12.5 Å². The lowest BCUT2D eigenvalue weighted by molar-refractivity contribution is 0.416. The quantitative estimate of drug-likeness (QED) is 0.673. The van der Waals surface area contributed by atoms with E-state index in [1.54, 1.807) is 13.2 Å². The van der Waals surface area contributed by atoms with Gasteiger partial charge in [-0.1, -0.05) is 17.7 Å². The van der Waals surface area contributed by atoms with Gasteiger partial charge in [-0.25, -0.2) is 15.8 Å². The number of fused-ring (bicyclic) bond motifs is 1. The molecule has 6 heteroatoms. The van der Waals surface area contributed by atoms with Gasteiger partial charge in [0.2, 0.25) is 0 Å². The van der Waals surface area contributed by atoms with Crippen LogP contribution in [-0.4, -0.2) is 17.1 Å². The van der Waals surface area contributed by atoms with Gasteiger partial charge >= 0.3 is 0 Å². The van der Waals surface area contributed by atoms with Crippen LogP contribution in [0.2, 0.25) is 5.02 Å². The van der Waals surface area contributed by atoms with Crippen molar-refractivity contribution in [3.8, 4) is 17.1 Å². The van der Waals surface area contributed by atoms with Gasteiger partial charge < -0.3 is 10.2 Å². The molecule has 110 valence electrons. The van der Waals surface area contributed by atoms with Crippen LogP contribution in [0.5, 0.6) is 5.75 Å². The molecule has 1 aromatic carbocycles. The molecule has 3 rings (SSSR count). The van der Waals surface area contributed by atoms with Crippen LogP contribution >= 0.6 is 11.6 Å². The molecule has 0 aliphatic heterocycles. The van der Waals surface area contributed by atoms with Gasteiger partial charge in [0.05, 0.1) is 17.7 Å². The molecular weight excluding hydrogens is 288 g/mol. The van der Waals surface area contributed by atoms with E-state index in [0.29, 0.717) is 28.0 Å². The van der Waals surface area contributed by atoms with Gasteiger partial charge in [0.1, 0.15) is 11.6 Å².